The zero-order chi connectivity index (χ0) is 13.9. The fourth-order valence-electron chi connectivity index (χ4n) is 1.98. The molecule has 0 aliphatic carbocycles. The summed E-state index contributed by atoms with van der Waals surface area (Å²) in [6, 6.07) is 18.5. The summed E-state index contributed by atoms with van der Waals surface area (Å²) in [6.45, 7) is 0. The van der Waals surface area contributed by atoms with Crippen LogP contribution in [0.1, 0.15) is 0 Å². The molecular weight excluding hydrogens is 476 g/mol. The SMILES string of the molecule is Ic1cc2ccccc2[nH]1.In1ncc2ccccc21. The van der Waals surface area contributed by atoms with E-state index < -0.39 is 0 Å². The van der Waals surface area contributed by atoms with Gasteiger partial charge in [-0.3, -0.25) is 0 Å². The van der Waals surface area contributed by atoms with E-state index in [1.165, 1.54) is 25.5 Å². The number of hydrogen-bond donors (Lipinski definition) is 1. The minimum absolute atomic E-state index is 1.17. The van der Waals surface area contributed by atoms with Crippen molar-refractivity contribution in [3.63, 3.8) is 0 Å². The van der Waals surface area contributed by atoms with Gasteiger partial charge in [0, 0.05) is 16.3 Å². The number of para-hydroxylation sites is 2. The molecule has 0 bridgehead atoms. The smallest absolute Gasteiger partial charge is 0.0851 e. The van der Waals surface area contributed by atoms with Crippen LogP contribution in [0.15, 0.2) is 60.8 Å². The Morgan fingerprint density at radius 3 is 2.40 bits per heavy atom. The molecular formula is C15H11I2N3. The second-order valence-electron chi connectivity index (χ2n) is 4.27. The van der Waals surface area contributed by atoms with E-state index in [0.29, 0.717) is 0 Å². The van der Waals surface area contributed by atoms with Gasteiger partial charge in [-0.15, -0.1) is 0 Å². The summed E-state index contributed by atoms with van der Waals surface area (Å²) in [5.74, 6) is 0. The largest absolute Gasteiger partial charge is 0.350 e. The molecule has 0 unspecified atom stereocenters. The topological polar surface area (TPSA) is 33.6 Å². The summed E-state index contributed by atoms with van der Waals surface area (Å²) < 4.78 is 3.03. The van der Waals surface area contributed by atoms with E-state index in [2.05, 4.69) is 85.9 Å². The number of fused-ring (bicyclic) bond motifs is 2. The highest BCUT2D eigenvalue weighted by Crippen LogP contribution is 2.15. The summed E-state index contributed by atoms with van der Waals surface area (Å²) in [5.41, 5.74) is 2.38. The molecule has 100 valence electrons. The van der Waals surface area contributed by atoms with Crippen molar-refractivity contribution in [1.82, 2.24) is 13.0 Å². The third-order valence-electron chi connectivity index (χ3n) is 2.93. The van der Waals surface area contributed by atoms with E-state index in [1.54, 1.807) is 0 Å². The number of hydrogen-bond acceptors (Lipinski definition) is 1. The second-order valence-corrected chi connectivity index (χ2v) is 6.34. The average molecular weight is 487 g/mol. The number of halogens is 2. The molecule has 0 radical (unpaired) electrons. The minimum Gasteiger partial charge on any atom is -0.350 e. The molecule has 3 nitrogen and oxygen atoms in total. The van der Waals surface area contributed by atoms with Crippen LogP contribution < -0.4 is 0 Å². The number of aromatic amines is 1. The summed E-state index contributed by atoms with van der Waals surface area (Å²) in [7, 11) is 0. The molecule has 0 aliphatic rings. The van der Waals surface area contributed by atoms with Gasteiger partial charge in [0.25, 0.3) is 0 Å². The maximum atomic E-state index is 4.10. The second kappa shape index (κ2) is 6.13. The zero-order valence-corrected chi connectivity index (χ0v) is 14.7. The minimum atomic E-state index is 1.17. The Morgan fingerprint density at radius 2 is 1.65 bits per heavy atom. The molecule has 0 atom stereocenters. The van der Waals surface area contributed by atoms with Crippen molar-refractivity contribution in [2.45, 2.75) is 0 Å². The van der Waals surface area contributed by atoms with Crippen LogP contribution in [0.2, 0.25) is 0 Å². The Balaban J connectivity index is 0.000000121. The van der Waals surface area contributed by atoms with Crippen LogP contribution in [-0.2, 0) is 0 Å². The van der Waals surface area contributed by atoms with Gasteiger partial charge < -0.3 is 4.98 Å². The lowest BCUT2D eigenvalue weighted by Gasteiger charge is -1.87. The Morgan fingerprint density at radius 1 is 0.950 bits per heavy atom. The molecule has 4 aromatic rings. The third kappa shape index (κ3) is 2.98. The van der Waals surface area contributed by atoms with E-state index in [-0.39, 0.29) is 0 Å². The number of nitrogens with zero attached hydrogens (tertiary/aromatic N) is 2. The standard InChI is InChI=1S/C8H6IN.C7H5IN2/c9-8-5-6-3-1-2-4-7(6)10-8;8-10-7-4-2-1-3-6(7)5-9-10/h1-5,10H;1-5H. The van der Waals surface area contributed by atoms with Crippen molar-refractivity contribution in [3.05, 3.63) is 64.5 Å². The van der Waals surface area contributed by atoms with E-state index in [0.717, 1.165) is 0 Å². The van der Waals surface area contributed by atoms with Crippen LogP contribution in [0.4, 0.5) is 0 Å². The van der Waals surface area contributed by atoms with Crippen LogP contribution in [0.3, 0.4) is 0 Å². The van der Waals surface area contributed by atoms with Gasteiger partial charge in [-0.1, -0.05) is 36.4 Å². The third-order valence-corrected chi connectivity index (χ3v) is 4.28. The number of H-pyrrole nitrogens is 1. The van der Waals surface area contributed by atoms with Gasteiger partial charge in [-0.25, -0.2) is 2.90 Å². The number of nitrogens with one attached hydrogen (secondary N) is 1. The predicted molar refractivity (Wildman–Crippen MR) is 100 cm³/mol. The van der Waals surface area contributed by atoms with Crippen LogP contribution in [0.5, 0.6) is 0 Å². The molecule has 4 rings (SSSR count). The van der Waals surface area contributed by atoms with Crippen LogP contribution in [0, 0.1) is 3.70 Å². The number of aromatic nitrogens is 3. The molecule has 0 spiro atoms. The van der Waals surface area contributed by atoms with E-state index in [1.807, 2.05) is 33.4 Å². The Labute approximate surface area is 144 Å². The molecule has 0 fully saturated rings. The molecule has 20 heavy (non-hydrogen) atoms. The molecule has 2 aromatic carbocycles. The number of benzene rings is 2. The van der Waals surface area contributed by atoms with Crippen molar-refractivity contribution in [2.24, 2.45) is 0 Å². The van der Waals surface area contributed by atoms with Gasteiger partial charge in [-0.05, 0) is 40.8 Å². The van der Waals surface area contributed by atoms with Crippen molar-refractivity contribution in [3.8, 4) is 0 Å². The fraction of sp³-hybridized carbons (Fsp3) is 0. The van der Waals surface area contributed by atoms with Gasteiger partial charge in [0.15, 0.2) is 0 Å². The van der Waals surface area contributed by atoms with Gasteiger partial charge in [0.2, 0.25) is 0 Å². The first-order valence-electron chi connectivity index (χ1n) is 6.06. The lowest BCUT2D eigenvalue weighted by atomic mass is 10.3. The van der Waals surface area contributed by atoms with Crippen LogP contribution in [-0.4, -0.2) is 13.0 Å². The van der Waals surface area contributed by atoms with Crippen molar-refractivity contribution < 1.29 is 0 Å². The summed E-state index contributed by atoms with van der Waals surface area (Å²) in [6.07, 6.45) is 1.86. The average Bonchev–Trinajstić information content (AvgIpc) is 3.02. The van der Waals surface area contributed by atoms with E-state index in [4.69, 9.17) is 0 Å². The molecule has 0 aliphatic heterocycles. The highest BCUT2D eigenvalue weighted by Gasteiger charge is 1.95. The first kappa shape index (κ1) is 13.9. The molecule has 5 heteroatoms. The first-order chi connectivity index (χ1) is 9.74. The summed E-state index contributed by atoms with van der Waals surface area (Å²) in [5, 5.41) is 6.57. The van der Waals surface area contributed by atoms with Crippen LogP contribution >= 0.6 is 45.5 Å². The van der Waals surface area contributed by atoms with Crippen molar-refractivity contribution >= 4 is 67.3 Å². The van der Waals surface area contributed by atoms with Gasteiger partial charge in [0.05, 0.1) is 38.3 Å². The number of rotatable bonds is 0. The highest BCUT2D eigenvalue weighted by atomic mass is 127. The maximum Gasteiger partial charge on any atom is 0.0851 e. The Hall–Kier alpha value is -1.09. The first-order valence-corrected chi connectivity index (χ1v) is 8.10. The quantitative estimate of drug-likeness (QED) is 0.348. The lowest BCUT2D eigenvalue weighted by Crippen LogP contribution is -1.77. The molecule has 0 saturated heterocycles. The summed E-state index contributed by atoms with van der Waals surface area (Å²) >= 11 is 4.44. The van der Waals surface area contributed by atoms with E-state index in [9.17, 15) is 0 Å². The lowest BCUT2D eigenvalue weighted by molar-refractivity contribution is 1.09. The molecule has 0 saturated carbocycles. The zero-order valence-electron chi connectivity index (χ0n) is 10.4. The fourth-order valence-corrected chi connectivity index (χ4v) is 3.17. The molecule has 2 aromatic heterocycles. The van der Waals surface area contributed by atoms with Gasteiger partial charge in [-0.2, -0.15) is 5.10 Å². The normalized spacial score (nSPS) is 10.5. The predicted octanol–water partition coefficient (Wildman–Crippen LogP) is 5.01. The van der Waals surface area contributed by atoms with Crippen molar-refractivity contribution in [1.29, 1.82) is 0 Å². The molecule has 1 N–H and O–H groups in total. The van der Waals surface area contributed by atoms with Gasteiger partial charge >= 0.3 is 0 Å². The van der Waals surface area contributed by atoms with Gasteiger partial charge in [0.1, 0.15) is 0 Å². The van der Waals surface area contributed by atoms with E-state index >= 15 is 0 Å². The van der Waals surface area contributed by atoms with Crippen LogP contribution in [0.25, 0.3) is 21.8 Å². The molecule has 2 heterocycles. The molecule has 0 amide bonds. The monoisotopic (exact) mass is 487 g/mol. The maximum absolute atomic E-state index is 4.10. The summed E-state index contributed by atoms with van der Waals surface area (Å²) in [4.78, 5) is 3.25. The van der Waals surface area contributed by atoms with Crippen molar-refractivity contribution in [2.75, 3.05) is 0 Å². The Kier molecular flexibility index (Phi) is 4.25. The highest BCUT2D eigenvalue weighted by molar-refractivity contribution is 14.1. The Bertz CT molecular complexity index is 807.